The minimum Gasteiger partial charge on any atom is -0.461 e. The summed E-state index contributed by atoms with van der Waals surface area (Å²) in [6.07, 6.45) is 3.82. The Morgan fingerprint density at radius 2 is 2.24 bits per heavy atom. The Labute approximate surface area is 102 Å². The van der Waals surface area contributed by atoms with Gasteiger partial charge in [-0.05, 0) is 52.2 Å². The Morgan fingerprint density at radius 1 is 1.53 bits per heavy atom. The fourth-order valence-electron chi connectivity index (χ4n) is 2.31. The molecule has 0 saturated carbocycles. The zero-order valence-electron chi connectivity index (χ0n) is 10.6. The van der Waals surface area contributed by atoms with Crippen LogP contribution in [0.4, 0.5) is 0 Å². The first-order valence-electron chi connectivity index (χ1n) is 6.12. The lowest BCUT2D eigenvalue weighted by atomic mass is 10.0. The molecular formula is C13H20N2O2. The quantitative estimate of drug-likeness (QED) is 0.742. The zero-order chi connectivity index (χ0) is 12.3. The number of carbonyl (C=O) groups excluding carboxylic acids is 1. The van der Waals surface area contributed by atoms with Crippen molar-refractivity contribution < 1.29 is 9.21 Å². The number of rotatable bonds is 4. The van der Waals surface area contributed by atoms with E-state index in [0.717, 1.165) is 25.9 Å². The van der Waals surface area contributed by atoms with Crippen molar-refractivity contribution in [1.29, 1.82) is 0 Å². The van der Waals surface area contributed by atoms with Gasteiger partial charge in [-0.2, -0.15) is 0 Å². The molecule has 2 heterocycles. The number of hydrogen-bond donors (Lipinski definition) is 0. The van der Waals surface area contributed by atoms with Gasteiger partial charge in [0.05, 0.1) is 12.8 Å². The second kappa shape index (κ2) is 5.47. The third-order valence-corrected chi connectivity index (χ3v) is 3.50. The predicted molar refractivity (Wildman–Crippen MR) is 66.2 cm³/mol. The second-order valence-corrected chi connectivity index (χ2v) is 4.85. The molecule has 1 aliphatic heterocycles. The van der Waals surface area contributed by atoms with Crippen molar-refractivity contribution in [2.24, 2.45) is 0 Å². The molecule has 0 aromatic carbocycles. The molecule has 94 valence electrons. The molecule has 0 atom stereocenters. The van der Waals surface area contributed by atoms with Crippen LogP contribution in [0.2, 0.25) is 0 Å². The Morgan fingerprint density at radius 3 is 2.82 bits per heavy atom. The normalized spacial score (nSPS) is 18.8. The first kappa shape index (κ1) is 12.3. The van der Waals surface area contributed by atoms with Crippen molar-refractivity contribution in [3.8, 4) is 0 Å². The Hall–Kier alpha value is -1.13. The molecule has 2 rings (SSSR count). The fourth-order valence-corrected chi connectivity index (χ4v) is 2.31. The van der Waals surface area contributed by atoms with Crippen LogP contribution in [0, 0.1) is 0 Å². The molecule has 4 nitrogen and oxygen atoms in total. The highest BCUT2D eigenvalue weighted by Gasteiger charge is 2.22. The van der Waals surface area contributed by atoms with Gasteiger partial charge in [-0.3, -0.25) is 9.69 Å². The van der Waals surface area contributed by atoms with Crippen LogP contribution in [-0.4, -0.2) is 55.4 Å². The molecule has 4 heteroatoms. The number of hydrogen-bond acceptors (Lipinski definition) is 4. The van der Waals surface area contributed by atoms with E-state index in [-0.39, 0.29) is 5.78 Å². The smallest absolute Gasteiger partial charge is 0.211 e. The van der Waals surface area contributed by atoms with Gasteiger partial charge < -0.3 is 9.32 Å². The van der Waals surface area contributed by atoms with E-state index in [1.165, 1.54) is 0 Å². The van der Waals surface area contributed by atoms with Crippen LogP contribution in [0.3, 0.4) is 0 Å². The molecule has 1 saturated heterocycles. The third-order valence-electron chi connectivity index (χ3n) is 3.50. The lowest BCUT2D eigenvalue weighted by molar-refractivity contribution is 0.0845. The second-order valence-electron chi connectivity index (χ2n) is 4.85. The highest BCUT2D eigenvalue weighted by molar-refractivity contribution is 5.94. The summed E-state index contributed by atoms with van der Waals surface area (Å²) in [6.45, 7) is 2.68. The van der Waals surface area contributed by atoms with Crippen molar-refractivity contribution in [3.63, 3.8) is 0 Å². The van der Waals surface area contributed by atoms with E-state index in [1.54, 1.807) is 18.4 Å². The molecule has 0 spiro atoms. The van der Waals surface area contributed by atoms with Crippen LogP contribution >= 0.6 is 0 Å². The fraction of sp³-hybridized carbons (Fsp3) is 0.615. The van der Waals surface area contributed by atoms with Crippen molar-refractivity contribution >= 4 is 5.78 Å². The van der Waals surface area contributed by atoms with Crippen molar-refractivity contribution in [2.75, 3.05) is 33.7 Å². The van der Waals surface area contributed by atoms with Gasteiger partial charge in [0, 0.05) is 6.04 Å². The van der Waals surface area contributed by atoms with E-state index < -0.39 is 0 Å². The number of nitrogens with zero attached hydrogens (tertiary/aromatic N) is 2. The molecule has 17 heavy (non-hydrogen) atoms. The molecule has 0 amide bonds. The summed E-state index contributed by atoms with van der Waals surface area (Å²) in [6, 6.07) is 4.00. The minimum atomic E-state index is 0.0661. The average molecular weight is 236 g/mol. The number of furan rings is 1. The number of carbonyl (C=O) groups is 1. The summed E-state index contributed by atoms with van der Waals surface area (Å²) in [7, 11) is 4.17. The molecule has 0 N–H and O–H groups in total. The monoisotopic (exact) mass is 236 g/mol. The van der Waals surface area contributed by atoms with E-state index in [2.05, 4.69) is 16.8 Å². The molecule has 0 unspecified atom stereocenters. The maximum atomic E-state index is 11.9. The van der Waals surface area contributed by atoms with Crippen LogP contribution in [0.25, 0.3) is 0 Å². The van der Waals surface area contributed by atoms with Gasteiger partial charge in [-0.1, -0.05) is 0 Å². The van der Waals surface area contributed by atoms with Crippen molar-refractivity contribution in [3.05, 3.63) is 24.2 Å². The highest BCUT2D eigenvalue weighted by atomic mass is 16.3. The van der Waals surface area contributed by atoms with Gasteiger partial charge in [0.25, 0.3) is 0 Å². The van der Waals surface area contributed by atoms with Gasteiger partial charge in [-0.25, -0.2) is 0 Å². The van der Waals surface area contributed by atoms with Gasteiger partial charge >= 0.3 is 0 Å². The maximum Gasteiger partial charge on any atom is 0.211 e. The molecule has 1 fully saturated rings. The lowest BCUT2D eigenvalue weighted by Gasteiger charge is -2.34. The summed E-state index contributed by atoms with van der Waals surface area (Å²) in [5.74, 6) is 0.529. The zero-order valence-corrected chi connectivity index (χ0v) is 10.6. The van der Waals surface area contributed by atoms with Crippen LogP contribution in [0.1, 0.15) is 23.4 Å². The van der Waals surface area contributed by atoms with E-state index in [1.807, 2.05) is 7.05 Å². The first-order valence-corrected chi connectivity index (χ1v) is 6.12. The molecule has 1 aromatic heterocycles. The van der Waals surface area contributed by atoms with Gasteiger partial charge in [-0.15, -0.1) is 0 Å². The molecule has 0 radical (unpaired) electrons. The van der Waals surface area contributed by atoms with Crippen molar-refractivity contribution in [1.82, 2.24) is 9.80 Å². The van der Waals surface area contributed by atoms with Gasteiger partial charge in [0.15, 0.2) is 5.76 Å². The number of likely N-dealkylation sites (tertiary alicyclic amines) is 1. The number of ketones is 1. The van der Waals surface area contributed by atoms with E-state index in [0.29, 0.717) is 18.3 Å². The summed E-state index contributed by atoms with van der Waals surface area (Å²) < 4.78 is 5.12. The number of piperidine rings is 1. The highest BCUT2D eigenvalue weighted by Crippen LogP contribution is 2.14. The van der Waals surface area contributed by atoms with Crippen LogP contribution < -0.4 is 0 Å². The first-order chi connectivity index (χ1) is 8.16. The van der Waals surface area contributed by atoms with E-state index in [4.69, 9.17) is 4.42 Å². The van der Waals surface area contributed by atoms with Crippen LogP contribution in [0.5, 0.6) is 0 Å². The largest absolute Gasteiger partial charge is 0.461 e. The standard InChI is InChI=1S/C13H20N2O2/c1-14-7-5-11(6-8-14)15(2)10-12(16)13-4-3-9-17-13/h3-4,9,11H,5-8,10H2,1-2H3. The molecule has 1 aromatic rings. The minimum absolute atomic E-state index is 0.0661. The summed E-state index contributed by atoms with van der Waals surface area (Å²) in [4.78, 5) is 16.4. The molecule has 1 aliphatic rings. The van der Waals surface area contributed by atoms with Crippen LogP contribution in [-0.2, 0) is 0 Å². The summed E-state index contributed by atoms with van der Waals surface area (Å²) >= 11 is 0. The molecule has 0 aliphatic carbocycles. The third kappa shape index (κ3) is 3.17. The van der Waals surface area contributed by atoms with Crippen LogP contribution in [0.15, 0.2) is 22.8 Å². The predicted octanol–water partition coefficient (Wildman–Crippen LogP) is 1.49. The Balaban J connectivity index is 1.84. The number of likely N-dealkylation sites (N-methyl/N-ethyl adjacent to an activating group) is 1. The maximum absolute atomic E-state index is 11.9. The average Bonchev–Trinajstić information content (AvgIpc) is 2.83. The Bertz CT molecular complexity index is 354. The van der Waals surface area contributed by atoms with Gasteiger partial charge in [0.1, 0.15) is 0 Å². The van der Waals surface area contributed by atoms with E-state index >= 15 is 0 Å². The van der Waals surface area contributed by atoms with E-state index in [9.17, 15) is 4.79 Å². The number of Topliss-reactive ketones (excluding diaryl/α,β-unsaturated/α-hetero) is 1. The lowest BCUT2D eigenvalue weighted by Crippen LogP contribution is -2.43. The molecule has 0 bridgehead atoms. The summed E-state index contributed by atoms with van der Waals surface area (Å²) in [5.41, 5.74) is 0. The summed E-state index contributed by atoms with van der Waals surface area (Å²) in [5, 5.41) is 0. The SMILES string of the molecule is CN1CCC(N(C)CC(=O)c2ccco2)CC1. The topological polar surface area (TPSA) is 36.7 Å². The Kier molecular flexibility index (Phi) is 3.97. The molecular weight excluding hydrogens is 216 g/mol. The van der Waals surface area contributed by atoms with Crippen molar-refractivity contribution in [2.45, 2.75) is 18.9 Å². The van der Waals surface area contributed by atoms with Gasteiger partial charge in [0.2, 0.25) is 5.78 Å².